The van der Waals surface area contributed by atoms with Gasteiger partial charge in [-0.05, 0) is 48.7 Å². The molecule has 0 heterocycles. The number of carbonyl (C=O) groups is 1. The number of nitrogens with zero attached hydrogens (tertiary/aromatic N) is 1. The summed E-state index contributed by atoms with van der Waals surface area (Å²) in [6.07, 6.45) is 1.55. The average Bonchev–Trinajstić information content (AvgIpc) is 2.56. The van der Waals surface area contributed by atoms with Gasteiger partial charge in [-0.25, -0.2) is 5.43 Å². The summed E-state index contributed by atoms with van der Waals surface area (Å²) in [7, 11) is 1.60. The molecule has 0 aliphatic heterocycles. The van der Waals surface area contributed by atoms with E-state index in [4.69, 9.17) is 9.47 Å². The third-order valence-electron chi connectivity index (χ3n) is 3.20. The molecule has 0 spiro atoms. The fourth-order valence-corrected chi connectivity index (χ4v) is 1.94. The summed E-state index contributed by atoms with van der Waals surface area (Å²) in [6.45, 7) is 3.83. The molecular weight excluding hydrogens is 292 g/mol. The van der Waals surface area contributed by atoms with E-state index in [0.29, 0.717) is 5.75 Å². The zero-order valence-electron chi connectivity index (χ0n) is 13.5. The van der Waals surface area contributed by atoms with Gasteiger partial charge in [0.25, 0.3) is 5.91 Å². The molecule has 5 heteroatoms. The molecule has 23 heavy (non-hydrogen) atoms. The molecule has 2 rings (SSSR count). The van der Waals surface area contributed by atoms with Gasteiger partial charge in [0.05, 0.1) is 13.3 Å². The van der Waals surface area contributed by atoms with E-state index in [2.05, 4.69) is 10.5 Å². The van der Waals surface area contributed by atoms with Crippen molar-refractivity contribution in [3.05, 3.63) is 59.2 Å². The van der Waals surface area contributed by atoms with Crippen LogP contribution in [0.4, 0.5) is 0 Å². The summed E-state index contributed by atoms with van der Waals surface area (Å²) in [4.78, 5) is 11.8. The second-order valence-corrected chi connectivity index (χ2v) is 5.13. The van der Waals surface area contributed by atoms with Crippen molar-refractivity contribution in [2.24, 2.45) is 5.10 Å². The van der Waals surface area contributed by atoms with Crippen molar-refractivity contribution in [1.29, 1.82) is 0 Å². The Balaban J connectivity index is 1.85. The van der Waals surface area contributed by atoms with E-state index in [1.165, 1.54) is 0 Å². The lowest BCUT2D eigenvalue weighted by molar-refractivity contribution is -0.123. The Morgan fingerprint density at radius 1 is 1.22 bits per heavy atom. The minimum absolute atomic E-state index is 0.0836. The first kappa shape index (κ1) is 16.5. The van der Waals surface area contributed by atoms with Crippen molar-refractivity contribution in [1.82, 2.24) is 5.43 Å². The molecule has 5 nitrogen and oxygen atoms in total. The van der Waals surface area contributed by atoms with E-state index in [9.17, 15) is 4.79 Å². The molecular formula is C18H20N2O3. The Hall–Kier alpha value is -2.82. The fraction of sp³-hybridized carbons (Fsp3) is 0.222. The Kier molecular flexibility index (Phi) is 5.74. The van der Waals surface area contributed by atoms with Crippen LogP contribution in [0.25, 0.3) is 0 Å². The number of aryl methyl sites for hydroxylation is 2. The van der Waals surface area contributed by atoms with Crippen LogP contribution >= 0.6 is 0 Å². The lowest BCUT2D eigenvalue weighted by atomic mass is 10.1. The van der Waals surface area contributed by atoms with E-state index >= 15 is 0 Å². The van der Waals surface area contributed by atoms with Crippen LogP contribution in [-0.2, 0) is 4.79 Å². The molecule has 0 saturated carbocycles. The predicted octanol–water partition coefficient (Wildman–Crippen LogP) is 2.84. The molecule has 120 valence electrons. The zero-order chi connectivity index (χ0) is 16.7. The van der Waals surface area contributed by atoms with Crippen molar-refractivity contribution in [2.45, 2.75) is 13.8 Å². The molecule has 0 bridgehead atoms. The first-order valence-corrected chi connectivity index (χ1v) is 7.24. The predicted molar refractivity (Wildman–Crippen MR) is 90.1 cm³/mol. The number of ether oxygens (including phenoxy) is 2. The topological polar surface area (TPSA) is 59.9 Å². The first-order chi connectivity index (χ1) is 11.1. The van der Waals surface area contributed by atoms with E-state index < -0.39 is 0 Å². The van der Waals surface area contributed by atoms with Crippen molar-refractivity contribution < 1.29 is 14.3 Å². The van der Waals surface area contributed by atoms with Gasteiger partial charge in [0.2, 0.25) is 0 Å². The monoisotopic (exact) mass is 312 g/mol. The molecule has 2 aromatic rings. The highest BCUT2D eigenvalue weighted by Gasteiger charge is 2.04. The highest BCUT2D eigenvalue weighted by Crippen LogP contribution is 2.18. The normalized spacial score (nSPS) is 10.6. The second-order valence-electron chi connectivity index (χ2n) is 5.13. The number of methoxy groups -OCH3 is 1. The maximum atomic E-state index is 11.8. The summed E-state index contributed by atoms with van der Waals surface area (Å²) < 4.78 is 10.6. The standard InChI is InChI=1S/C18H20N2O3/c1-13-7-8-14(2)17(9-13)23-12-18(21)20-19-11-15-5-4-6-16(10-15)22-3/h4-11H,12H2,1-3H3,(H,20,21). The number of nitrogens with one attached hydrogen (secondary N) is 1. The van der Waals surface area contributed by atoms with Gasteiger partial charge in [-0.15, -0.1) is 0 Å². The van der Waals surface area contributed by atoms with Crippen molar-refractivity contribution in [3.8, 4) is 11.5 Å². The minimum atomic E-state index is -0.315. The summed E-state index contributed by atoms with van der Waals surface area (Å²) in [6, 6.07) is 13.2. The molecule has 0 radical (unpaired) electrons. The largest absolute Gasteiger partial charge is 0.497 e. The lowest BCUT2D eigenvalue weighted by Crippen LogP contribution is -2.24. The maximum Gasteiger partial charge on any atom is 0.277 e. The quantitative estimate of drug-likeness (QED) is 0.659. The lowest BCUT2D eigenvalue weighted by Gasteiger charge is -2.08. The van der Waals surface area contributed by atoms with E-state index in [1.807, 2.05) is 56.3 Å². The van der Waals surface area contributed by atoms with E-state index in [1.54, 1.807) is 13.3 Å². The van der Waals surface area contributed by atoms with Crippen LogP contribution in [0.15, 0.2) is 47.6 Å². The van der Waals surface area contributed by atoms with Crippen LogP contribution in [0.1, 0.15) is 16.7 Å². The molecule has 0 atom stereocenters. The van der Waals surface area contributed by atoms with Crippen molar-refractivity contribution >= 4 is 12.1 Å². The maximum absolute atomic E-state index is 11.8. The molecule has 0 saturated heterocycles. The molecule has 0 fully saturated rings. The molecule has 0 aliphatic rings. The van der Waals surface area contributed by atoms with E-state index in [-0.39, 0.29) is 12.5 Å². The van der Waals surface area contributed by atoms with Crippen molar-refractivity contribution in [2.75, 3.05) is 13.7 Å². The Morgan fingerprint density at radius 2 is 2.04 bits per heavy atom. The van der Waals surface area contributed by atoms with Gasteiger partial charge in [-0.2, -0.15) is 5.10 Å². The van der Waals surface area contributed by atoms with Gasteiger partial charge in [-0.1, -0.05) is 24.3 Å². The van der Waals surface area contributed by atoms with Crippen LogP contribution in [0.5, 0.6) is 11.5 Å². The number of hydrazone groups is 1. The number of benzene rings is 2. The average molecular weight is 312 g/mol. The van der Waals surface area contributed by atoms with Gasteiger partial charge < -0.3 is 9.47 Å². The summed E-state index contributed by atoms with van der Waals surface area (Å²) >= 11 is 0. The van der Waals surface area contributed by atoms with Gasteiger partial charge in [0.1, 0.15) is 11.5 Å². The number of hydrogen-bond donors (Lipinski definition) is 1. The summed E-state index contributed by atoms with van der Waals surface area (Å²) in [5, 5.41) is 3.91. The molecule has 0 aromatic heterocycles. The SMILES string of the molecule is COc1cccc(C=NNC(=O)COc2cc(C)ccc2C)c1. The molecule has 1 amide bonds. The molecule has 1 N–H and O–H groups in total. The van der Waals surface area contributed by atoms with Gasteiger partial charge >= 0.3 is 0 Å². The highest BCUT2D eigenvalue weighted by molar-refractivity contribution is 5.83. The van der Waals surface area contributed by atoms with Crippen LogP contribution in [0, 0.1) is 13.8 Å². The smallest absolute Gasteiger partial charge is 0.277 e. The van der Waals surface area contributed by atoms with E-state index in [0.717, 1.165) is 22.4 Å². The van der Waals surface area contributed by atoms with Gasteiger partial charge in [0.15, 0.2) is 6.61 Å². The molecule has 0 unspecified atom stereocenters. The summed E-state index contributed by atoms with van der Waals surface area (Å²) in [5.74, 6) is 1.13. The minimum Gasteiger partial charge on any atom is -0.497 e. The highest BCUT2D eigenvalue weighted by atomic mass is 16.5. The van der Waals surface area contributed by atoms with Crippen LogP contribution in [0.3, 0.4) is 0 Å². The molecule has 0 aliphatic carbocycles. The van der Waals surface area contributed by atoms with Gasteiger partial charge in [-0.3, -0.25) is 4.79 Å². The third kappa shape index (κ3) is 5.14. The zero-order valence-corrected chi connectivity index (χ0v) is 13.5. The molecule has 2 aromatic carbocycles. The second kappa shape index (κ2) is 7.98. The first-order valence-electron chi connectivity index (χ1n) is 7.24. The van der Waals surface area contributed by atoms with Crippen molar-refractivity contribution in [3.63, 3.8) is 0 Å². The fourth-order valence-electron chi connectivity index (χ4n) is 1.94. The van der Waals surface area contributed by atoms with Crippen LogP contribution in [0.2, 0.25) is 0 Å². The van der Waals surface area contributed by atoms with Gasteiger partial charge in [0, 0.05) is 0 Å². The number of carbonyl (C=O) groups excluding carboxylic acids is 1. The Bertz CT molecular complexity index is 711. The Labute approximate surface area is 135 Å². The third-order valence-corrected chi connectivity index (χ3v) is 3.20. The summed E-state index contributed by atoms with van der Waals surface area (Å²) in [5.41, 5.74) is 5.35. The number of amides is 1. The number of hydrogen-bond acceptors (Lipinski definition) is 4. The number of rotatable bonds is 6. The Morgan fingerprint density at radius 3 is 2.83 bits per heavy atom. The van der Waals surface area contributed by atoms with Crippen LogP contribution < -0.4 is 14.9 Å². The van der Waals surface area contributed by atoms with Crippen LogP contribution in [-0.4, -0.2) is 25.8 Å².